The van der Waals surface area contributed by atoms with E-state index in [0.29, 0.717) is 5.92 Å². The summed E-state index contributed by atoms with van der Waals surface area (Å²) in [7, 11) is 3.87. The molecule has 1 unspecified atom stereocenters. The molecule has 2 rings (SSSR count). The molecule has 0 spiro atoms. The number of nitrogens with zero attached hydrogens (tertiary/aromatic N) is 5. The number of hydrogen-bond acceptors (Lipinski definition) is 3. The molecule has 0 amide bonds. The fraction of sp³-hybridized carbons (Fsp3) is 0.789. The van der Waals surface area contributed by atoms with E-state index in [-0.39, 0.29) is 24.0 Å². The van der Waals surface area contributed by atoms with E-state index in [2.05, 4.69) is 45.3 Å². The van der Waals surface area contributed by atoms with E-state index < -0.39 is 0 Å². The SMILES string of the molecule is CCCN(CCC)CCCNC(=NC)N1CCC(c2cnn(C)c2)C1.I. The average Bonchev–Trinajstić information content (AvgIpc) is 3.24. The maximum Gasteiger partial charge on any atom is 0.193 e. The molecular weight excluding hydrogens is 439 g/mol. The molecule has 1 aliphatic heterocycles. The molecule has 6 nitrogen and oxygen atoms in total. The molecule has 0 radical (unpaired) electrons. The van der Waals surface area contributed by atoms with E-state index >= 15 is 0 Å². The van der Waals surface area contributed by atoms with Gasteiger partial charge in [-0.15, -0.1) is 24.0 Å². The molecule has 0 bridgehead atoms. The van der Waals surface area contributed by atoms with Gasteiger partial charge in [0.05, 0.1) is 6.20 Å². The Morgan fingerprint density at radius 3 is 2.62 bits per heavy atom. The van der Waals surface area contributed by atoms with Crippen LogP contribution in [0.25, 0.3) is 0 Å². The molecule has 1 saturated heterocycles. The molecule has 150 valence electrons. The molecule has 1 aliphatic rings. The van der Waals surface area contributed by atoms with Gasteiger partial charge in [0.2, 0.25) is 0 Å². The summed E-state index contributed by atoms with van der Waals surface area (Å²) in [4.78, 5) is 9.44. The van der Waals surface area contributed by atoms with E-state index in [4.69, 9.17) is 0 Å². The molecule has 0 aromatic carbocycles. The summed E-state index contributed by atoms with van der Waals surface area (Å²) in [5.41, 5.74) is 1.34. The van der Waals surface area contributed by atoms with Gasteiger partial charge in [-0.25, -0.2) is 0 Å². The number of aryl methyl sites for hydroxylation is 1. The van der Waals surface area contributed by atoms with Crippen LogP contribution in [0.4, 0.5) is 0 Å². The topological polar surface area (TPSA) is 48.7 Å². The van der Waals surface area contributed by atoms with Crippen LogP contribution in [-0.4, -0.2) is 71.9 Å². The van der Waals surface area contributed by atoms with Crippen molar-refractivity contribution in [2.75, 3.05) is 46.3 Å². The highest BCUT2D eigenvalue weighted by Gasteiger charge is 2.26. The molecule has 1 atom stereocenters. The lowest BCUT2D eigenvalue weighted by Crippen LogP contribution is -2.41. The van der Waals surface area contributed by atoms with Crippen molar-refractivity contribution in [2.24, 2.45) is 12.0 Å². The zero-order valence-electron chi connectivity index (χ0n) is 16.9. The van der Waals surface area contributed by atoms with E-state index in [1.54, 1.807) is 0 Å². The standard InChI is InChI=1S/C19H36N6.HI/c1-5-10-24(11-6-2)12-7-9-21-19(20-3)25-13-8-17(16-25)18-14-22-23(4)15-18;/h14-15,17H,5-13,16H2,1-4H3,(H,20,21);1H. The third kappa shape index (κ3) is 7.06. The van der Waals surface area contributed by atoms with Crippen LogP contribution in [0.1, 0.15) is 51.0 Å². The van der Waals surface area contributed by atoms with Crippen molar-refractivity contribution in [3.63, 3.8) is 0 Å². The molecular formula is C19H37IN6. The van der Waals surface area contributed by atoms with Crippen molar-refractivity contribution < 1.29 is 0 Å². The van der Waals surface area contributed by atoms with Gasteiger partial charge in [0.1, 0.15) is 0 Å². The maximum absolute atomic E-state index is 4.49. The summed E-state index contributed by atoms with van der Waals surface area (Å²) in [5, 5.41) is 7.86. The molecule has 1 aromatic rings. The van der Waals surface area contributed by atoms with Gasteiger partial charge in [0, 0.05) is 45.8 Å². The van der Waals surface area contributed by atoms with Gasteiger partial charge in [0.25, 0.3) is 0 Å². The zero-order valence-corrected chi connectivity index (χ0v) is 19.3. The summed E-state index contributed by atoms with van der Waals surface area (Å²) in [6.07, 6.45) is 8.95. The number of rotatable bonds is 9. The predicted octanol–water partition coefficient (Wildman–Crippen LogP) is 2.91. The highest BCUT2D eigenvalue weighted by Crippen LogP contribution is 2.26. The second kappa shape index (κ2) is 12.5. The van der Waals surface area contributed by atoms with E-state index in [9.17, 15) is 0 Å². The first kappa shape index (κ1) is 23.2. The summed E-state index contributed by atoms with van der Waals surface area (Å²) in [5.74, 6) is 1.61. The lowest BCUT2D eigenvalue weighted by atomic mass is 10.0. The molecule has 7 heteroatoms. The van der Waals surface area contributed by atoms with Crippen LogP contribution < -0.4 is 5.32 Å². The number of aromatic nitrogens is 2. The zero-order chi connectivity index (χ0) is 18.1. The van der Waals surface area contributed by atoms with Gasteiger partial charge in [0.15, 0.2) is 5.96 Å². The second-order valence-electron chi connectivity index (χ2n) is 7.05. The number of aliphatic imine (C=N–C) groups is 1. The number of likely N-dealkylation sites (tertiary alicyclic amines) is 1. The molecule has 0 aliphatic carbocycles. The quantitative estimate of drug-likeness (QED) is 0.258. The van der Waals surface area contributed by atoms with Crippen LogP contribution >= 0.6 is 24.0 Å². The molecule has 1 N–H and O–H groups in total. The molecule has 1 aromatic heterocycles. The Hall–Kier alpha value is -0.830. The van der Waals surface area contributed by atoms with Crippen molar-refractivity contribution in [1.29, 1.82) is 0 Å². The van der Waals surface area contributed by atoms with E-state index in [1.807, 2.05) is 25.0 Å². The fourth-order valence-electron chi connectivity index (χ4n) is 3.68. The van der Waals surface area contributed by atoms with Gasteiger partial charge in [-0.05, 0) is 50.9 Å². The molecule has 26 heavy (non-hydrogen) atoms. The minimum Gasteiger partial charge on any atom is -0.356 e. The first-order valence-electron chi connectivity index (χ1n) is 9.84. The minimum absolute atomic E-state index is 0. The summed E-state index contributed by atoms with van der Waals surface area (Å²) in [6, 6.07) is 0. The fourth-order valence-corrected chi connectivity index (χ4v) is 3.68. The van der Waals surface area contributed by atoms with Gasteiger partial charge in [-0.1, -0.05) is 13.8 Å². The van der Waals surface area contributed by atoms with Crippen molar-refractivity contribution >= 4 is 29.9 Å². The van der Waals surface area contributed by atoms with E-state index in [1.165, 1.54) is 50.9 Å². The minimum atomic E-state index is 0. The Balaban J connectivity index is 0.00000338. The number of halogens is 1. The van der Waals surface area contributed by atoms with Crippen molar-refractivity contribution in [1.82, 2.24) is 24.9 Å². The monoisotopic (exact) mass is 476 g/mol. The summed E-state index contributed by atoms with van der Waals surface area (Å²) < 4.78 is 1.89. The van der Waals surface area contributed by atoms with Crippen LogP contribution in [0.5, 0.6) is 0 Å². The summed E-state index contributed by atoms with van der Waals surface area (Å²) >= 11 is 0. The van der Waals surface area contributed by atoms with Crippen LogP contribution in [0.15, 0.2) is 17.4 Å². The third-order valence-electron chi connectivity index (χ3n) is 4.91. The normalized spacial score (nSPS) is 17.7. The third-order valence-corrected chi connectivity index (χ3v) is 4.91. The number of nitrogens with one attached hydrogen (secondary N) is 1. The Kier molecular flexibility index (Phi) is 11.2. The van der Waals surface area contributed by atoms with Crippen molar-refractivity contribution in [2.45, 2.75) is 45.4 Å². The first-order valence-corrected chi connectivity index (χ1v) is 9.84. The van der Waals surface area contributed by atoms with Crippen LogP contribution in [0.3, 0.4) is 0 Å². The lowest BCUT2D eigenvalue weighted by molar-refractivity contribution is 0.271. The smallest absolute Gasteiger partial charge is 0.193 e. The van der Waals surface area contributed by atoms with Crippen molar-refractivity contribution in [3.8, 4) is 0 Å². The Labute approximate surface area is 176 Å². The Morgan fingerprint density at radius 2 is 2.04 bits per heavy atom. The second-order valence-corrected chi connectivity index (χ2v) is 7.05. The Morgan fingerprint density at radius 1 is 1.31 bits per heavy atom. The van der Waals surface area contributed by atoms with Gasteiger partial charge < -0.3 is 15.1 Å². The molecule has 2 heterocycles. The van der Waals surface area contributed by atoms with Crippen molar-refractivity contribution in [3.05, 3.63) is 18.0 Å². The first-order chi connectivity index (χ1) is 12.2. The number of hydrogen-bond donors (Lipinski definition) is 1. The highest BCUT2D eigenvalue weighted by molar-refractivity contribution is 14.0. The predicted molar refractivity (Wildman–Crippen MR) is 121 cm³/mol. The van der Waals surface area contributed by atoms with E-state index in [0.717, 1.165) is 25.6 Å². The van der Waals surface area contributed by atoms with Gasteiger partial charge >= 0.3 is 0 Å². The Bertz CT molecular complexity index is 524. The molecule has 0 saturated carbocycles. The van der Waals surface area contributed by atoms with Crippen LogP contribution in [0.2, 0.25) is 0 Å². The van der Waals surface area contributed by atoms with Gasteiger partial charge in [-0.3, -0.25) is 9.67 Å². The largest absolute Gasteiger partial charge is 0.356 e. The van der Waals surface area contributed by atoms with Crippen LogP contribution in [-0.2, 0) is 7.05 Å². The maximum atomic E-state index is 4.49. The number of guanidine groups is 1. The van der Waals surface area contributed by atoms with Gasteiger partial charge in [-0.2, -0.15) is 5.10 Å². The lowest BCUT2D eigenvalue weighted by Gasteiger charge is -2.23. The average molecular weight is 476 g/mol. The highest BCUT2D eigenvalue weighted by atomic mass is 127. The van der Waals surface area contributed by atoms with Crippen LogP contribution in [0, 0.1) is 0 Å². The summed E-state index contributed by atoms with van der Waals surface area (Å²) in [6.45, 7) is 11.2. The molecule has 1 fully saturated rings.